The minimum absolute atomic E-state index is 0.0740. The zero-order valence-electron chi connectivity index (χ0n) is 12.6. The molecule has 0 saturated carbocycles. The molecule has 1 aromatic rings. The third-order valence-corrected chi connectivity index (χ3v) is 4.52. The van der Waals surface area contributed by atoms with Gasteiger partial charge in [-0.25, -0.2) is 0 Å². The van der Waals surface area contributed by atoms with Crippen molar-refractivity contribution in [1.29, 1.82) is 0 Å². The van der Waals surface area contributed by atoms with Crippen LogP contribution in [-0.2, 0) is 4.74 Å². The number of para-hydroxylation sites is 1. The number of hydrogen-bond acceptors (Lipinski definition) is 4. The van der Waals surface area contributed by atoms with Gasteiger partial charge in [0.15, 0.2) is 0 Å². The summed E-state index contributed by atoms with van der Waals surface area (Å²) >= 11 is 0. The van der Waals surface area contributed by atoms with Crippen molar-refractivity contribution in [2.24, 2.45) is 0 Å². The summed E-state index contributed by atoms with van der Waals surface area (Å²) in [6.45, 7) is 4.79. The molecule has 2 aliphatic rings. The van der Waals surface area contributed by atoms with E-state index in [9.17, 15) is 9.90 Å². The second kappa shape index (κ2) is 5.66. The number of morpholine rings is 1. The molecule has 0 spiro atoms. The van der Waals surface area contributed by atoms with Crippen LogP contribution in [0.15, 0.2) is 18.2 Å². The van der Waals surface area contributed by atoms with Crippen LogP contribution in [0.2, 0.25) is 0 Å². The predicted molar refractivity (Wildman–Crippen MR) is 79.5 cm³/mol. The molecule has 5 heteroatoms. The molecule has 1 amide bonds. The van der Waals surface area contributed by atoms with Crippen LogP contribution < -0.4 is 0 Å². The van der Waals surface area contributed by atoms with Gasteiger partial charge in [0.25, 0.3) is 5.91 Å². The summed E-state index contributed by atoms with van der Waals surface area (Å²) in [5, 5.41) is 10.2. The number of carbonyl (C=O) groups excluding carboxylic acids is 1. The number of phenolic OH excluding ortho intramolecular Hbond substituents is 1. The highest BCUT2D eigenvalue weighted by atomic mass is 16.5. The number of carbonyl (C=O) groups is 1. The van der Waals surface area contributed by atoms with E-state index in [0.29, 0.717) is 18.7 Å². The Bertz CT molecular complexity index is 546. The summed E-state index contributed by atoms with van der Waals surface area (Å²) in [5.41, 5.74) is 1.12. The number of benzene rings is 1. The Kier molecular flexibility index (Phi) is 3.87. The van der Waals surface area contributed by atoms with E-state index in [4.69, 9.17) is 4.74 Å². The van der Waals surface area contributed by atoms with Gasteiger partial charge in [0.1, 0.15) is 5.75 Å². The van der Waals surface area contributed by atoms with Gasteiger partial charge in [0.2, 0.25) is 0 Å². The van der Waals surface area contributed by atoms with Crippen LogP contribution in [0, 0.1) is 6.92 Å². The minimum Gasteiger partial charge on any atom is -0.507 e. The number of rotatable bonds is 1. The summed E-state index contributed by atoms with van der Waals surface area (Å²) in [6.07, 6.45) is 1.07. The first-order chi connectivity index (χ1) is 10.1. The second-order valence-corrected chi connectivity index (χ2v) is 6.00. The monoisotopic (exact) mass is 290 g/mol. The van der Waals surface area contributed by atoms with Crippen molar-refractivity contribution >= 4 is 5.91 Å². The maximum absolute atomic E-state index is 12.8. The minimum atomic E-state index is -0.0928. The number of nitrogens with zero attached hydrogens (tertiary/aromatic N) is 2. The molecule has 0 aromatic heterocycles. The fourth-order valence-corrected chi connectivity index (χ4v) is 3.27. The van der Waals surface area contributed by atoms with Crippen LogP contribution in [0.1, 0.15) is 22.3 Å². The van der Waals surface area contributed by atoms with Gasteiger partial charge < -0.3 is 19.6 Å². The third-order valence-electron chi connectivity index (χ3n) is 4.52. The van der Waals surface area contributed by atoms with Crippen LogP contribution in [0.25, 0.3) is 0 Å². The molecule has 2 fully saturated rings. The van der Waals surface area contributed by atoms with Crippen molar-refractivity contribution in [3.05, 3.63) is 29.3 Å². The van der Waals surface area contributed by atoms with Crippen molar-refractivity contribution in [2.75, 3.05) is 33.3 Å². The van der Waals surface area contributed by atoms with E-state index in [2.05, 4.69) is 11.9 Å². The number of aromatic hydroxyl groups is 1. The third kappa shape index (κ3) is 2.63. The Morgan fingerprint density at radius 1 is 1.38 bits per heavy atom. The van der Waals surface area contributed by atoms with E-state index in [1.807, 2.05) is 24.0 Å². The first kappa shape index (κ1) is 14.4. The van der Waals surface area contributed by atoms with Gasteiger partial charge in [-0.05, 0) is 32.0 Å². The fraction of sp³-hybridized carbons (Fsp3) is 0.562. The average molecular weight is 290 g/mol. The number of ether oxygens (including phenoxy) is 1. The van der Waals surface area contributed by atoms with Crippen LogP contribution in [0.4, 0.5) is 0 Å². The Morgan fingerprint density at radius 3 is 3.00 bits per heavy atom. The van der Waals surface area contributed by atoms with Gasteiger partial charge in [-0.15, -0.1) is 0 Å². The van der Waals surface area contributed by atoms with Crippen molar-refractivity contribution in [1.82, 2.24) is 9.80 Å². The highest BCUT2D eigenvalue weighted by Gasteiger charge is 2.39. The first-order valence-corrected chi connectivity index (χ1v) is 7.47. The lowest BCUT2D eigenvalue weighted by Gasteiger charge is -2.46. The molecule has 2 aliphatic heterocycles. The molecule has 2 atom stereocenters. The van der Waals surface area contributed by atoms with Crippen molar-refractivity contribution in [2.45, 2.75) is 25.5 Å². The number of aryl methyl sites for hydroxylation is 1. The smallest absolute Gasteiger partial charge is 0.258 e. The van der Waals surface area contributed by atoms with Gasteiger partial charge in [0.05, 0.1) is 24.3 Å². The highest BCUT2D eigenvalue weighted by Crippen LogP contribution is 2.28. The number of amides is 1. The number of piperidine rings is 1. The van der Waals surface area contributed by atoms with Crippen LogP contribution >= 0.6 is 0 Å². The molecule has 5 nitrogen and oxygen atoms in total. The lowest BCUT2D eigenvalue weighted by atomic mass is 9.97. The van der Waals surface area contributed by atoms with E-state index in [1.54, 1.807) is 6.07 Å². The Morgan fingerprint density at radius 2 is 2.19 bits per heavy atom. The lowest BCUT2D eigenvalue weighted by Crippen LogP contribution is -2.60. The molecule has 0 aliphatic carbocycles. The maximum atomic E-state index is 12.8. The first-order valence-electron chi connectivity index (χ1n) is 7.47. The molecule has 0 radical (unpaired) electrons. The largest absolute Gasteiger partial charge is 0.507 e. The zero-order chi connectivity index (χ0) is 15.0. The van der Waals surface area contributed by atoms with Crippen molar-refractivity contribution < 1.29 is 14.6 Å². The molecule has 2 heterocycles. The second-order valence-electron chi connectivity index (χ2n) is 6.00. The van der Waals surface area contributed by atoms with E-state index in [1.165, 1.54) is 0 Å². The molecule has 0 unspecified atom stereocenters. The molecule has 1 N–H and O–H groups in total. The quantitative estimate of drug-likeness (QED) is 0.845. The van der Waals surface area contributed by atoms with Crippen molar-refractivity contribution in [3.63, 3.8) is 0 Å². The van der Waals surface area contributed by atoms with Gasteiger partial charge in [-0.3, -0.25) is 4.79 Å². The summed E-state index contributed by atoms with van der Waals surface area (Å²) < 4.78 is 5.82. The Balaban J connectivity index is 1.87. The van der Waals surface area contributed by atoms with E-state index >= 15 is 0 Å². The zero-order valence-corrected chi connectivity index (χ0v) is 12.6. The summed E-state index contributed by atoms with van der Waals surface area (Å²) in [4.78, 5) is 16.9. The lowest BCUT2D eigenvalue weighted by molar-refractivity contribution is -0.0870. The molecular weight excluding hydrogens is 268 g/mol. The van der Waals surface area contributed by atoms with E-state index < -0.39 is 0 Å². The summed E-state index contributed by atoms with van der Waals surface area (Å²) in [6, 6.07) is 5.39. The number of likely N-dealkylation sites (N-methyl/N-ethyl adjacent to an activating group) is 1. The average Bonchev–Trinajstić information content (AvgIpc) is 2.48. The van der Waals surface area contributed by atoms with Gasteiger partial charge in [-0.2, -0.15) is 0 Å². The normalized spacial score (nSPS) is 26.5. The van der Waals surface area contributed by atoms with E-state index in [-0.39, 0.29) is 23.8 Å². The van der Waals surface area contributed by atoms with E-state index in [0.717, 1.165) is 25.1 Å². The molecule has 3 rings (SSSR count). The van der Waals surface area contributed by atoms with Crippen molar-refractivity contribution in [3.8, 4) is 5.75 Å². The predicted octanol–water partition coefficient (Wildman–Crippen LogP) is 1.25. The van der Waals surface area contributed by atoms with Crippen LogP contribution in [0.3, 0.4) is 0 Å². The topological polar surface area (TPSA) is 53.0 Å². The Hall–Kier alpha value is -1.59. The highest BCUT2D eigenvalue weighted by molar-refractivity contribution is 5.97. The Labute approximate surface area is 125 Å². The molecule has 114 valence electrons. The number of likely N-dealkylation sites (tertiary alicyclic amines) is 1. The van der Waals surface area contributed by atoms with Crippen LogP contribution in [0.5, 0.6) is 5.75 Å². The number of phenols is 1. The summed E-state index contributed by atoms with van der Waals surface area (Å²) in [7, 11) is 2.07. The summed E-state index contributed by atoms with van der Waals surface area (Å²) in [5.74, 6) is -0.000458. The molecular formula is C16H22N2O3. The number of fused-ring (bicyclic) bond motifs is 1. The standard InChI is InChI=1S/C16H22N2O3/c1-11-4-3-5-12(15(11)19)16(20)18-8-9-21-14-6-7-17(2)10-13(14)18/h3-5,13-14,19H,6-10H2,1-2H3/t13-,14-/m0/s1. The van der Waals surface area contributed by atoms with Gasteiger partial charge >= 0.3 is 0 Å². The molecule has 0 bridgehead atoms. The van der Waals surface area contributed by atoms with Gasteiger partial charge in [0, 0.05) is 19.6 Å². The SMILES string of the molecule is Cc1cccc(C(=O)N2CCO[C@H]3CCN(C)C[C@@H]32)c1O. The molecule has 1 aromatic carbocycles. The molecule has 2 saturated heterocycles. The number of hydrogen-bond donors (Lipinski definition) is 1. The maximum Gasteiger partial charge on any atom is 0.258 e. The fourth-order valence-electron chi connectivity index (χ4n) is 3.27. The molecule has 21 heavy (non-hydrogen) atoms. The van der Waals surface area contributed by atoms with Gasteiger partial charge in [-0.1, -0.05) is 12.1 Å². The van der Waals surface area contributed by atoms with Crippen LogP contribution in [-0.4, -0.2) is 66.2 Å².